The van der Waals surface area contributed by atoms with Crippen molar-refractivity contribution in [3.63, 3.8) is 0 Å². The molecule has 0 fully saturated rings. The van der Waals surface area contributed by atoms with Gasteiger partial charge in [-0.3, -0.25) is 0 Å². The van der Waals surface area contributed by atoms with Crippen molar-refractivity contribution in [1.82, 2.24) is 14.8 Å². The molecule has 100 valence electrons. The van der Waals surface area contributed by atoms with Crippen LogP contribution in [0.3, 0.4) is 0 Å². The molecule has 0 spiro atoms. The molecule has 19 heavy (non-hydrogen) atoms. The van der Waals surface area contributed by atoms with E-state index in [1.807, 2.05) is 0 Å². The zero-order chi connectivity index (χ0) is 14.2. The first-order chi connectivity index (χ1) is 8.77. The second kappa shape index (κ2) is 4.61. The normalized spacial score (nSPS) is 11.6. The summed E-state index contributed by atoms with van der Waals surface area (Å²) in [6, 6.07) is 4.02. The van der Waals surface area contributed by atoms with Gasteiger partial charge in [-0.05, 0) is 25.1 Å². The Balaban J connectivity index is 2.47. The molecule has 0 aliphatic heterocycles. The fraction of sp³-hybridized carbons (Fsp3) is 0.182. The highest BCUT2D eigenvalue weighted by Gasteiger charge is 2.33. The van der Waals surface area contributed by atoms with Crippen LogP contribution in [0.15, 0.2) is 24.4 Å². The first-order valence-corrected chi connectivity index (χ1v) is 5.60. The summed E-state index contributed by atoms with van der Waals surface area (Å²) in [5, 5.41) is 3.44. The van der Waals surface area contributed by atoms with E-state index in [-0.39, 0.29) is 10.8 Å². The number of nitrogens with two attached hydrogens (primary N) is 1. The van der Waals surface area contributed by atoms with Crippen LogP contribution >= 0.6 is 12.2 Å². The summed E-state index contributed by atoms with van der Waals surface area (Å²) in [5.41, 5.74) is 5.64. The standard InChI is InChI=1S/C11H9F3N4S/c1-6-4-7(10(15)19)5-9(16-6)18-3-2-8(17-18)11(12,13)14/h2-5H,1H3,(H2,15,19). The van der Waals surface area contributed by atoms with Gasteiger partial charge in [0.2, 0.25) is 0 Å². The summed E-state index contributed by atoms with van der Waals surface area (Å²) >= 11 is 4.84. The van der Waals surface area contributed by atoms with Crippen molar-refractivity contribution in [2.75, 3.05) is 0 Å². The predicted molar refractivity (Wildman–Crippen MR) is 67.0 cm³/mol. The number of alkyl halides is 3. The van der Waals surface area contributed by atoms with E-state index in [1.165, 1.54) is 12.3 Å². The van der Waals surface area contributed by atoms with E-state index < -0.39 is 11.9 Å². The zero-order valence-corrected chi connectivity index (χ0v) is 10.6. The van der Waals surface area contributed by atoms with E-state index in [9.17, 15) is 13.2 Å². The lowest BCUT2D eigenvalue weighted by Crippen LogP contribution is -2.12. The molecular formula is C11H9F3N4S. The molecule has 0 radical (unpaired) electrons. The maximum absolute atomic E-state index is 12.5. The van der Waals surface area contributed by atoms with Gasteiger partial charge in [-0.15, -0.1) is 0 Å². The van der Waals surface area contributed by atoms with Crippen molar-refractivity contribution in [1.29, 1.82) is 0 Å². The lowest BCUT2D eigenvalue weighted by atomic mass is 10.2. The topological polar surface area (TPSA) is 56.7 Å². The van der Waals surface area contributed by atoms with Gasteiger partial charge >= 0.3 is 6.18 Å². The molecule has 0 aliphatic carbocycles. The summed E-state index contributed by atoms with van der Waals surface area (Å²) in [4.78, 5) is 4.25. The summed E-state index contributed by atoms with van der Waals surface area (Å²) in [6.07, 6.45) is -3.30. The highest BCUT2D eigenvalue weighted by molar-refractivity contribution is 7.80. The summed E-state index contributed by atoms with van der Waals surface area (Å²) < 4.78 is 38.4. The third-order valence-electron chi connectivity index (χ3n) is 2.34. The van der Waals surface area contributed by atoms with E-state index >= 15 is 0 Å². The molecule has 4 nitrogen and oxygen atoms in total. The lowest BCUT2D eigenvalue weighted by Gasteiger charge is -2.06. The van der Waals surface area contributed by atoms with Crippen LogP contribution in [0.4, 0.5) is 13.2 Å². The number of halogens is 3. The summed E-state index contributed by atoms with van der Waals surface area (Å²) in [6.45, 7) is 1.69. The molecule has 0 saturated heterocycles. The molecule has 2 aromatic heterocycles. The minimum atomic E-state index is -4.49. The van der Waals surface area contributed by atoms with Gasteiger partial charge in [0.1, 0.15) is 4.99 Å². The van der Waals surface area contributed by atoms with Crippen LogP contribution in [0.1, 0.15) is 17.0 Å². The highest BCUT2D eigenvalue weighted by Crippen LogP contribution is 2.27. The average molecular weight is 286 g/mol. The third-order valence-corrected chi connectivity index (χ3v) is 2.57. The maximum atomic E-state index is 12.5. The van der Waals surface area contributed by atoms with E-state index in [1.54, 1.807) is 13.0 Å². The van der Waals surface area contributed by atoms with Crippen molar-refractivity contribution >= 4 is 17.2 Å². The molecule has 8 heteroatoms. The van der Waals surface area contributed by atoms with Crippen molar-refractivity contribution < 1.29 is 13.2 Å². The SMILES string of the molecule is Cc1cc(C(N)=S)cc(-n2ccc(C(F)(F)F)n2)n1. The number of aryl methyl sites for hydroxylation is 1. The molecule has 2 N–H and O–H groups in total. The molecule has 0 unspecified atom stereocenters. The van der Waals surface area contributed by atoms with Gasteiger partial charge in [0.25, 0.3) is 0 Å². The van der Waals surface area contributed by atoms with Gasteiger partial charge in [-0.1, -0.05) is 12.2 Å². The van der Waals surface area contributed by atoms with Crippen molar-refractivity contribution in [3.05, 3.63) is 41.3 Å². The van der Waals surface area contributed by atoms with Gasteiger partial charge < -0.3 is 5.73 Å². The second-order valence-electron chi connectivity index (χ2n) is 3.86. The van der Waals surface area contributed by atoms with E-state index in [2.05, 4.69) is 10.1 Å². The molecule has 2 rings (SSSR count). The Hall–Kier alpha value is -1.96. The number of rotatable bonds is 2. The highest BCUT2D eigenvalue weighted by atomic mass is 32.1. The minimum absolute atomic E-state index is 0.148. The summed E-state index contributed by atoms with van der Waals surface area (Å²) in [5.74, 6) is 0.235. The number of thiocarbonyl (C=S) groups is 1. The number of pyridine rings is 1. The number of hydrogen-bond acceptors (Lipinski definition) is 3. The van der Waals surface area contributed by atoms with Gasteiger partial charge in [0.05, 0.1) is 0 Å². The summed E-state index contributed by atoms with van der Waals surface area (Å²) in [7, 11) is 0. The lowest BCUT2D eigenvalue weighted by molar-refractivity contribution is -0.141. The Bertz CT molecular complexity index is 633. The minimum Gasteiger partial charge on any atom is -0.389 e. The van der Waals surface area contributed by atoms with Crippen LogP contribution in [0.25, 0.3) is 5.82 Å². The average Bonchev–Trinajstić information content (AvgIpc) is 2.76. The van der Waals surface area contributed by atoms with Gasteiger partial charge in [0, 0.05) is 17.5 Å². The molecule has 0 bridgehead atoms. The molecule has 0 amide bonds. The number of hydrogen-bond donors (Lipinski definition) is 1. The number of aromatic nitrogens is 3. The second-order valence-corrected chi connectivity index (χ2v) is 4.30. The molecule has 0 saturated carbocycles. The van der Waals surface area contributed by atoms with Crippen molar-refractivity contribution in [3.8, 4) is 5.82 Å². The Morgan fingerprint density at radius 1 is 1.37 bits per heavy atom. The van der Waals surface area contributed by atoms with Gasteiger partial charge in [-0.2, -0.15) is 18.3 Å². The van der Waals surface area contributed by atoms with E-state index in [4.69, 9.17) is 18.0 Å². The van der Waals surface area contributed by atoms with E-state index in [0.717, 1.165) is 10.7 Å². The quantitative estimate of drug-likeness (QED) is 0.860. The smallest absolute Gasteiger partial charge is 0.389 e. The van der Waals surface area contributed by atoms with E-state index in [0.29, 0.717) is 11.3 Å². The molecule has 0 aromatic carbocycles. The first kappa shape index (κ1) is 13.5. The molecule has 0 aliphatic rings. The molecule has 0 atom stereocenters. The monoisotopic (exact) mass is 286 g/mol. The van der Waals surface area contributed by atoms with Crippen LogP contribution in [0.2, 0.25) is 0 Å². The predicted octanol–water partition coefficient (Wildman–Crippen LogP) is 2.23. The zero-order valence-electron chi connectivity index (χ0n) is 9.77. The fourth-order valence-corrected chi connectivity index (χ4v) is 1.63. The van der Waals surface area contributed by atoms with Crippen molar-refractivity contribution in [2.45, 2.75) is 13.1 Å². The first-order valence-electron chi connectivity index (χ1n) is 5.19. The maximum Gasteiger partial charge on any atom is 0.435 e. The van der Waals surface area contributed by atoms with Crippen LogP contribution in [0.5, 0.6) is 0 Å². The molecular weight excluding hydrogens is 277 g/mol. The fourth-order valence-electron chi connectivity index (χ4n) is 1.51. The van der Waals surface area contributed by atoms with Crippen LogP contribution < -0.4 is 5.73 Å². The van der Waals surface area contributed by atoms with Crippen LogP contribution in [0, 0.1) is 6.92 Å². The molecule has 2 heterocycles. The van der Waals surface area contributed by atoms with Gasteiger partial charge in [0.15, 0.2) is 11.5 Å². The van der Waals surface area contributed by atoms with Crippen LogP contribution in [-0.4, -0.2) is 19.8 Å². The molecule has 2 aromatic rings. The largest absolute Gasteiger partial charge is 0.435 e. The van der Waals surface area contributed by atoms with Crippen molar-refractivity contribution in [2.24, 2.45) is 5.73 Å². The number of nitrogens with zero attached hydrogens (tertiary/aromatic N) is 3. The van der Waals surface area contributed by atoms with Crippen LogP contribution in [-0.2, 0) is 6.18 Å². The Morgan fingerprint density at radius 3 is 2.58 bits per heavy atom. The Labute approximate surface area is 112 Å². The Morgan fingerprint density at radius 2 is 2.05 bits per heavy atom. The third kappa shape index (κ3) is 2.90. The Kier molecular flexibility index (Phi) is 3.27. The van der Waals surface area contributed by atoms with Gasteiger partial charge in [-0.25, -0.2) is 9.67 Å².